The highest BCUT2D eigenvalue weighted by molar-refractivity contribution is 5.76. The number of aliphatic carboxylic acids is 1. The number of hydrogen-bond acceptors (Lipinski definition) is 3. The summed E-state index contributed by atoms with van der Waals surface area (Å²) < 4.78 is 0. The van der Waals surface area contributed by atoms with Crippen LogP contribution in [0.25, 0.3) is 0 Å². The van der Waals surface area contributed by atoms with Crippen molar-refractivity contribution in [3.63, 3.8) is 0 Å². The van der Waals surface area contributed by atoms with E-state index in [0.29, 0.717) is 11.3 Å². The predicted octanol–water partition coefficient (Wildman–Crippen LogP) is 2.56. The molecule has 0 amide bonds. The molecule has 0 unspecified atom stereocenters. The topological polar surface area (TPSA) is 64.3 Å². The number of rotatable bonds is 3. The molecule has 0 aliphatic rings. The van der Waals surface area contributed by atoms with Gasteiger partial charge in [0.05, 0.1) is 11.3 Å². The first kappa shape index (κ1) is 14.0. The van der Waals surface area contributed by atoms with Gasteiger partial charge >= 0.3 is 5.97 Å². The van der Waals surface area contributed by atoms with Crippen molar-refractivity contribution in [3.05, 3.63) is 29.3 Å². The Morgan fingerprint density at radius 1 is 1.44 bits per heavy atom. The Bertz CT molecular complexity index is 495. The van der Waals surface area contributed by atoms with Crippen LogP contribution in [0, 0.1) is 18.3 Å². The van der Waals surface area contributed by atoms with Gasteiger partial charge in [-0.2, -0.15) is 5.26 Å². The van der Waals surface area contributed by atoms with Crippen molar-refractivity contribution in [2.45, 2.75) is 33.2 Å². The molecule has 0 aliphatic heterocycles. The van der Waals surface area contributed by atoms with Gasteiger partial charge < -0.3 is 10.0 Å². The van der Waals surface area contributed by atoms with Crippen molar-refractivity contribution in [3.8, 4) is 6.07 Å². The molecule has 1 aromatic carbocycles. The molecule has 0 saturated carbocycles. The molecular weight excluding hydrogens is 228 g/mol. The van der Waals surface area contributed by atoms with Gasteiger partial charge in [-0.3, -0.25) is 4.79 Å². The van der Waals surface area contributed by atoms with Gasteiger partial charge in [-0.15, -0.1) is 0 Å². The molecule has 0 bridgehead atoms. The van der Waals surface area contributed by atoms with Gasteiger partial charge in [0, 0.05) is 5.54 Å². The van der Waals surface area contributed by atoms with Gasteiger partial charge in [0.25, 0.3) is 0 Å². The molecule has 0 heterocycles. The average molecular weight is 246 g/mol. The lowest BCUT2D eigenvalue weighted by Crippen LogP contribution is -2.45. The molecule has 0 spiro atoms. The minimum Gasteiger partial charge on any atom is -0.480 e. The Labute approximate surface area is 107 Å². The Kier molecular flexibility index (Phi) is 3.97. The van der Waals surface area contributed by atoms with E-state index in [-0.39, 0.29) is 12.1 Å². The molecule has 0 fully saturated rings. The molecule has 18 heavy (non-hydrogen) atoms. The molecule has 4 nitrogen and oxygen atoms in total. The maximum atomic E-state index is 11.0. The molecule has 1 N–H and O–H groups in total. The van der Waals surface area contributed by atoms with E-state index in [9.17, 15) is 4.79 Å². The van der Waals surface area contributed by atoms with Crippen LogP contribution in [0.1, 0.15) is 31.9 Å². The summed E-state index contributed by atoms with van der Waals surface area (Å²) in [7, 11) is 0. The number of carboxylic acids is 1. The maximum absolute atomic E-state index is 11.0. The van der Waals surface area contributed by atoms with Crippen LogP contribution < -0.4 is 4.90 Å². The molecule has 0 atom stereocenters. The molecule has 0 aliphatic carbocycles. The van der Waals surface area contributed by atoms with Crippen LogP contribution >= 0.6 is 0 Å². The van der Waals surface area contributed by atoms with E-state index in [0.717, 1.165) is 5.56 Å². The van der Waals surface area contributed by atoms with Gasteiger partial charge in [-0.1, -0.05) is 6.07 Å². The van der Waals surface area contributed by atoms with Crippen LogP contribution in [0.4, 0.5) is 5.69 Å². The summed E-state index contributed by atoms with van der Waals surface area (Å²) in [6.07, 6.45) is 0. The molecule has 1 aromatic rings. The Balaban J connectivity index is 3.30. The fourth-order valence-electron chi connectivity index (χ4n) is 1.79. The molecule has 1 rings (SSSR count). The minimum absolute atomic E-state index is 0.124. The number of anilines is 1. The second kappa shape index (κ2) is 5.09. The van der Waals surface area contributed by atoms with Gasteiger partial charge in [0.15, 0.2) is 0 Å². The molecule has 4 heteroatoms. The van der Waals surface area contributed by atoms with Gasteiger partial charge in [-0.25, -0.2) is 0 Å². The fourth-order valence-corrected chi connectivity index (χ4v) is 1.79. The lowest BCUT2D eigenvalue weighted by atomic mass is 10.0. The summed E-state index contributed by atoms with van der Waals surface area (Å²) in [5.74, 6) is -0.908. The summed E-state index contributed by atoms with van der Waals surface area (Å²) in [5.41, 5.74) is 1.79. The van der Waals surface area contributed by atoms with E-state index in [1.807, 2.05) is 39.8 Å². The van der Waals surface area contributed by atoms with E-state index in [4.69, 9.17) is 10.4 Å². The van der Waals surface area contributed by atoms with Crippen molar-refractivity contribution < 1.29 is 9.90 Å². The zero-order valence-corrected chi connectivity index (χ0v) is 11.2. The van der Waals surface area contributed by atoms with Crippen LogP contribution in [-0.2, 0) is 4.79 Å². The number of carbonyl (C=O) groups is 1. The van der Waals surface area contributed by atoms with Crippen molar-refractivity contribution >= 4 is 11.7 Å². The van der Waals surface area contributed by atoms with E-state index >= 15 is 0 Å². The number of nitriles is 1. The molecule has 0 aromatic heterocycles. The minimum atomic E-state index is -0.908. The van der Waals surface area contributed by atoms with Crippen molar-refractivity contribution in [1.82, 2.24) is 0 Å². The summed E-state index contributed by atoms with van der Waals surface area (Å²) in [6.45, 7) is 7.56. The molecule has 0 radical (unpaired) electrons. The smallest absolute Gasteiger partial charge is 0.323 e. The molecular formula is C14H18N2O2. The number of carboxylic acid groups (broad SMARTS) is 1. The summed E-state index contributed by atoms with van der Waals surface area (Å²) in [4.78, 5) is 12.7. The number of nitrogens with zero attached hydrogens (tertiary/aromatic N) is 2. The Hall–Kier alpha value is -2.02. The summed E-state index contributed by atoms with van der Waals surface area (Å²) in [5, 5.41) is 18.2. The second-order valence-electron chi connectivity index (χ2n) is 5.28. The molecule has 0 saturated heterocycles. The number of benzene rings is 1. The highest BCUT2D eigenvalue weighted by Gasteiger charge is 2.25. The van der Waals surface area contributed by atoms with Crippen molar-refractivity contribution in [2.24, 2.45) is 0 Å². The van der Waals surface area contributed by atoms with E-state index < -0.39 is 5.97 Å². The third-order valence-electron chi connectivity index (χ3n) is 2.67. The lowest BCUT2D eigenvalue weighted by molar-refractivity contribution is -0.135. The fraction of sp³-hybridized carbons (Fsp3) is 0.429. The SMILES string of the molecule is Cc1ccc(N(CC(=O)O)C(C)(C)C)c(C#N)c1. The zero-order chi connectivity index (χ0) is 13.9. The first-order valence-corrected chi connectivity index (χ1v) is 5.76. The van der Waals surface area contributed by atoms with Gasteiger partial charge in [-0.05, 0) is 45.4 Å². The third kappa shape index (κ3) is 3.24. The predicted molar refractivity (Wildman–Crippen MR) is 70.6 cm³/mol. The highest BCUT2D eigenvalue weighted by Crippen LogP contribution is 2.27. The van der Waals surface area contributed by atoms with E-state index in [1.165, 1.54) is 0 Å². The molecule has 96 valence electrons. The first-order valence-electron chi connectivity index (χ1n) is 5.76. The van der Waals surface area contributed by atoms with E-state index in [1.54, 1.807) is 11.0 Å². The number of hydrogen-bond donors (Lipinski definition) is 1. The second-order valence-corrected chi connectivity index (χ2v) is 5.28. The highest BCUT2D eigenvalue weighted by atomic mass is 16.4. The van der Waals surface area contributed by atoms with Crippen molar-refractivity contribution in [1.29, 1.82) is 5.26 Å². The first-order chi connectivity index (χ1) is 8.25. The maximum Gasteiger partial charge on any atom is 0.323 e. The monoisotopic (exact) mass is 246 g/mol. The lowest BCUT2D eigenvalue weighted by Gasteiger charge is -2.37. The average Bonchev–Trinajstić information content (AvgIpc) is 2.24. The van der Waals surface area contributed by atoms with E-state index in [2.05, 4.69) is 6.07 Å². The largest absolute Gasteiger partial charge is 0.480 e. The standard InChI is InChI=1S/C14H18N2O2/c1-10-5-6-12(11(7-10)8-15)16(9-13(17)18)14(2,3)4/h5-7H,9H2,1-4H3,(H,17,18). The summed E-state index contributed by atoms with van der Waals surface area (Å²) >= 11 is 0. The van der Waals surface area contributed by atoms with Crippen LogP contribution in [0.15, 0.2) is 18.2 Å². The third-order valence-corrected chi connectivity index (χ3v) is 2.67. The van der Waals surface area contributed by atoms with Gasteiger partial charge in [0.2, 0.25) is 0 Å². The Morgan fingerprint density at radius 2 is 2.06 bits per heavy atom. The van der Waals surface area contributed by atoms with Crippen LogP contribution in [0.5, 0.6) is 0 Å². The number of aryl methyl sites for hydroxylation is 1. The van der Waals surface area contributed by atoms with Crippen LogP contribution in [0.3, 0.4) is 0 Å². The van der Waals surface area contributed by atoms with Crippen LogP contribution in [-0.4, -0.2) is 23.2 Å². The van der Waals surface area contributed by atoms with Crippen molar-refractivity contribution in [2.75, 3.05) is 11.4 Å². The van der Waals surface area contributed by atoms with Gasteiger partial charge in [0.1, 0.15) is 12.6 Å². The quantitative estimate of drug-likeness (QED) is 0.890. The summed E-state index contributed by atoms with van der Waals surface area (Å²) in [6, 6.07) is 7.59. The van der Waals surface area contributed by atoms with Crippen LogP contribution in [0.2, 0.25) is 0 Å². The Morgan fingerprint density at radius 3 is 2.50 bits per heavy atom. The zero-order valence-electron chi connectivity index (χ0n) is 11.2. The normalized spacial score (nSPS) is 10.8.